The normalized spacial score (nSPS) is 13.2. The summed E-state index contributed by atoms with van der Waals surface area (Å²) in [6, 6.07) is 9.45. The van der Waals surface area contributed by atoms with E-state index in [1.807, 2.05) is 30.3 Å². The lowest BCUT2D eigenvalue weighted by Crippen LogP contribution is -2.26. The molecule has 10 heteroatoms. The van der Waals surface area contributed by atoms with E-state index in [4.69, 9.17) is 20.3 Å². The van der Waals surface area contributed by atoms with Gasteiger partial charge in [-0.1, -0.05) is 30.3 Å². The number of nitrogens with two attached hydrogens (primary N) is 1. The number of carbonyl (C=O) groups excluding carboxylic acids is 2. The molecule has 140 valence electrons. The zero-order chi connectivity index (χ0) is 19.2. The summed E-state index contributed by atoms with van der Waals surface area (Å²) in [7, 11) is 0. The second kappa shape index (κ2) is 8.34. The Labute approximate surface area is 153 Å². The highest BCUT2D eigenvalue weighted by molar-refractivity contribution is 5.78. The van der Waals surface area contributed by atoms with E-state index in [2.05, 4.69) is 15.0 Å². The van der Waals surface area contributed by atoms with Crippen LogP contribution in [0.2, 0.25) is 0 Å². The van der Waals surface area contributed by atoms with Crippen molar-refractivity contribution in [1.29, 1.82) is 0 Å². The number of aliphatic hydroxyl groups excluding tert-OH is 1. The monoisotopic (exact) mass is 371 g/mol. The van der Waals surface area contributed by atoms with Crippen LogP contribution >= 0.6 is 0 Å². The lowest BCUT2D eigenvalue weighted by Gasteiger charge is -2.17. The molecule has 0 saturated heterocycles. The third-order valence-corrected chi connectivity index (χ3v) is 3.66. The second-order valence-electron chi connectivity index (χ2n) is 5.51. The second-order valence-corrected chi connectivity index (χ2v) is 5.51. The highest BCUT2D eigenvalue weighted by Crippen LogP contribution is 2.25. The van der Waals surface area contributed by atoms with Crippen LogP contribution in [-0.2, 0) is 20.9 Å². The first-order valence-corrected chi connectivity index (χ1v) is 8.00. The fourth-order valence-corrected chi connectivity index (χ4v) is 2.38. The van der Waals surface area contributed by atoms with E-state index in [0.29, 0.717) is 12.6 Å². The third-order valence-electron chi connectivity index (χ3n) is 3.66. The molecule has 1 aromatic carbocycles. The molecule has 10 nitrogen and oxygen atoms in total. The molecule has 3 rings (SSSR count). The van der Waals surface area contributed by atoms with E-state index in [9.17, 15) is 9.59 Å². The molecule has 0 amide bonds. The summed E-state index contributed by atoms with van der Waals surface area (Å²) < 4.78 is 12.2. The van der Waals surface area contributed by atoms with Crippen molar-refractivity contribution in [3.05, 3.63) is 42.2 Å². The summed E-state index contributed by atoms with van der Waals surface area (Å²) in [5.41, 5.74) is 7.15. The van der Waals surface area contributed by atoms with Gasteiger partial charge in [-0.05, 0) is 5.56 Å². The van der Waals surface area contributed by atoms with Gasteiger partial charge in [-0.25, -0.2) is 4.98 Å². The van der Waals surface area contributed by atoms with Crippen LogP contribution in [0.3, 0.4) is 0 Å². The summed E-state index contributed by atoms with van der Waals surface area (Å²) in [6.07, 6.45) is -0.241. The Hall–Kier alpha value is -3.37. The van der Waals surface area contributed by atoms with Crippen molar-refractivity contribution in [2.24, 2.45) is 0 Å². The van der Waals surface area contributed by atoms with E-state index in [-0.39, 0.29) is 29.6 Å². The summed E-state index contributed by atoms with van der Waals surface area (Å²) >= 11 is 0. The quantitative estimate of drug-likeness (QED) is 0.506. The zero-order valence-corrected chi connectivity index (χ0v) is 14.1. The van der Waals surface area contributed by atoms with Gasteiger partial charge in [-0.3, -0.25) is 9.36 Å². The van der Waals surface area contributed by atoms with Crippen molar-refractivity contribution in [2.45, 2.75) is 18.9 Å². The number of nitrogens with zero attached hydrogens (tertiary/aromatic N) is 4. The van der Waals surface area contributed by atoms with E-state index in [1.165, 1.54) is 10.9 Å². The van der Waals surface area contributed by atoms with Gasteiger partial charge in [0.1, 0.15) is 12.7 Å². The zero-order valence-electron chi connectivity index (χ0n) is 14.1. The SMILES string of the molecule is Nc1nc(OCc2ccccc2)c2ncn(C(C=O)OC(C=O)CO)c2n1. The molecular formula is C17H17N5O5. The average Bonchev–Trinajstić information content (AvgIpc) is 3.11. The minimum Gasteiger partial charge on any atom is -0.471 e. The topological polar surface area (TPSA) is 142 Å². The van der Waals surface area contributed by atoms with E-state index in [1.54, 1.807) is 0 Å². The molecule has 0 aliphatic carbocycles. The fraction of sp³-hybridized carbons (Fsp3) is 0.235. The number of imidazole rings is 1. The van der Waals surface area contributed by atoms with Crippen molar-refractivity contribution < 1.29 is 24.2 Å². The number of fused-ring (bicyclic) bond motifs is 1. The third kappa shape index (κ3) is 4.07. The van der Waals surface area contributed by atoms with Crippen molar-refractivity contribution in [3.63, 3.8) is 0 Å². The minimum atomic E-state index is -1.23. The number of carbonyl (C=O) groups is 2. The molecule has 2 heterocycles. The lowest BCUT2D eigenvalue weighted by molar-refractivity contribution is -0.139. The molecule has 0 spiro atoms. The van der Waals surface area contributed by atoms with Crippen molar-refractivity contribution in [3.8, 4) is 5.88 Å². The number of nitrogen functional groups attached to an aromatic ring is 1. The van der Waals surface area contributed by atoms with Crippen LogP contribution in [0, 0.1) is 0 Å². The van der Waals surface area contributed by atoms with Gasteiger partial charge in [0.25, 0.3) is 0 Å². The van der Waals surface area contributed by atoms with Gasteiger partial charge >= 0.3 is 0 Å². The maximum Gasteiger partial charge on any atom is 0.247 e. The smallest absolute Gasteiger partial charge is 0.247 e. The summed E-state index contributed by atoms with van der Waals surface area (Å²) in [6.45, 7) is -0.326. The Morgan fingerprint density at radius 2 is 1.96 bits per heavy atom. The molecule has 2 aromatic heterocycles. The van der Waals surface area contributed by atoms with Crippen molar-refractivity contribution in [2.75, 3.05) is 12.3 Å². The molecule has 0 aliphatic rings. The first-order chi connectivity index (χ1) is 13.2. The molecule has 2 atom stereocenters. The van der Waals surface area contributed by atoms with Crippen molar-refractivity contribution in [1.82, 2.24) is 19.5 Å². The number of benzene rings is 1. The van der Waals surface area contributed by atoms with Gasteiger partial charge < -0.3 is 25.1 Å². The maximum atomic E-state index is 11.4. The van der Waals surface area contributed by atoms with Gasteiger partial charge in [-0.15, -0.1) is 0 Å². The van der Waals surface area contributed by atoms with Crippen LogP contribution in [-0.4, -0.2) is 49.9 Å². The van der Waals surface area contributed by atoms with Crippen LogP contribution in [0.5, 0.6) is 5.88 Å². The molecule has 2 unspecified atom stereocenters. The molecule has 3 aromatic rings. The molecule has 0 fully saturated rings. The number of rotatable bonds is 9. The molecule has 0 radical (unpaired) electrons. The minimum absolute atomic E-state index is 0.0777. The van der Waals surface area contributed by atoms with Crippen LogP contribution in [0.15, 0.2) is 36.7 Å². The number of aldehydes is 2. The lowest BCUT2D eigenvalue weighted by atomic mass is 10.2. The standard InChI is InChI=1S/C17H17N5O5/c18-17-20-15-14(16(21-17)26-9-11-4-2-1-3-5-11)19-10-22(15)13(8-25)27-12(6-23)7-24/h1-6,8,10,12-13,24H,7,9H2,(H2,18,20,21). The van der Waals surface area contributed by atoms with Gasteiger partial charge in [-0.2, -0.15) is 9.97 Å². The number of aliphatic hydroxyl groups is 1. The van der Waals surface area contributed by atoms with Crippen molar-refractivity contribution >= 4 is 29.7 Å². The first-order valence-electron chi connectivity index (χ1n) is 8.00. The van der Waals surface area contributed by atoms with E-state index >= 15 is 0 Å². The predicted octanol–water partition coefficient (Wildman–Crippen LogP) is 0.261. The molecule has 0 aliphatic heterocycles. The van der Waals surface area contributed by atoms with Crippen LogP contribution < -0.4 is 10.5 Å². The molecule has 27 heavy (non-hydrogen) atoms. The summed E-state index contributed by atoms with van der Waals surface area (Å²) in [5.74, 6) is 0.0740. The van der Waals surface area contributed by atoms with Gasteiger partial charge in [0.15, 0.2) is 30.0 Å². The predicted molar refractivity (Wildman–Crippen MR) is 93.6 cm³/mol. The average molecular weight is 371 g/mol. The maximum absolute atomic E-state index is 11.4. The van der Waals surface area contributed by atoms with Crippen LogP contribution in [0.4, 0.5) is 5.95 Å². The molecule has 3 N–H and O–H groups in total. The van der Waals surface area contributed by atoms with Crippen LogP contribution in [0.25, 0.3) is 11.2 Å². The van der Waals surface area contributed by atoms with Crippen LogP contribution in [0.1, 0.15) is 11.8 Å². The number of ether oxygens (including phenoxy) is 2. The first kappa shape index (κ1) is 18.4. The summed E-state index contributed by atoms with van der Waals surface area (Å²) in [4.78, 5) is 34.6. The molecule has 0 saturated carbocycles. The number of anilines is 1. The summed E-state index contributed by atoms with van der Waals surface area (Å²) in [5, 5.41) is 9.08. The largest absolute Gasteiger partial charge is 0.471 e. The Balaban J connectivity index is 1.91. The number of hydrogen-bond acceptors (Lipinski definition) is 9. The van der Waals surface area contributed by atoms with E-state index in [0.717, 1.165) is 5.56 Å². The van der Waals surface area contributed by atoms with Gasteiger partial charge in [0, 0.05) is 0 Å². The number of hydrogen-bond donors (Lipinski definition) is 2. The molecular weight excluding hydrogens is 354 g/mol. The van der Waals surface area contributed by atoms with Gasteiger partial charge in [0.2, 0.25) is 11.8 Å². The van der Waals surface area contributed by atoms with E-state index < -0.39 is 18.9 Å². The highest BCUT2D eigenvalue weighted by atomic mass is 16.5. The Morgan fingerprint density at radius 3 is 2.63 bits per heavy atom. The number of aromatic nitrogens is 4. The fourth-order valence-electron chi connectivity index (χ4n) is 2.38. The highest BCUT2D eigenvalue weighted by Gasteiger charge is 2.22. The Morgan fingerprint density at radius 1 is 1.19 bits per heavy atom. The van der Waals surface area contributed by atoms with Gasteiger partial charge in [0.05, 0.1) is 12.9 Å². The Kier molecular flexibility index (Phi) is 5.69. The Bertz CT molecular complexity index is 930. The molecule has 0 bridgehead atoms.